The Bertz CT molecular complexity index is 341. The Hall–Kier alpha value is -1.62. The van der Waals surface area contributed by atoms with Crippen LogP contribution in [-0.2, 0) is 4.74 Å². The number of nitrogens with one attached hydrogen (secondary N) is 1. The maximum Gasteiger partial charge on any atom is 0.338 e. The molecule has 0 aliphatic heterocycles. The molecule has 5 heteroatoms. The molecule has 1 aromatic heterocycles. The van der Waals surface area contributed by atoms with Crippen molar-refractivity contribution in [1.82, 2.24) is 4.98 Å². The smallest absolute Gasteiger partial charge is 0.338 e. The lowest BCUT2D eigenvalue weighted by Gasteiger charge is -2.11. The summed E-state index contributed by atoms with van der Waals surface area (Å²) >= 11 is 0. The van der Waals surface area contributed by atoms with Crippen LogP contribution in [0.15, 0.2) is 18.3 Å². The van der Waals surface area contributed by atoms with Crippen LogP contribution >= 0.6 is 0 Å². The number of aliphatic hydroxyl groups excluding tert-OH is 1. The first-order chi connectivity index (χ1) is 7.17. The minimum atomic E-state index is -0.405. The van der Waals surface area contributed by atoms with Crippen LogP contribution in [0.25, 0.3) is 0 Å². The molecule has 1 unspecified atom stereocenters. The third kappa shape index (κ3) is 3.21. The van der Waals surface area contributed by atoms with E-state index in [2.05, 4.69) is 15.0 Å². The Kier molecular flexibility index (Phi) is 4.05. The van der Waals surface area contributed by atoms with Crippen LogP contribution in [0.3, 0.4) is 0 Å². The van der Waals surface area contributed by atoms with Gasteiger partial charge in [0.05, 0.1) is 19.3 Å². The lowest BCUT2D eigenvalue weighted by Crippen LogP contribution is -2.20. The van der Waals surface area contributed by atoms with Crippen LogP contribution in [0.5, 0.6) is 0 Å². The summed E-state index contributed by atoms with van der Waals surface area (Å²) in [5.74, 6) is 0.136. The highest BCUT2D eigenvalue weighted by Crippen LogP contribution is 2.08. The van der Waals surface area contributed by atoms with Crippen LogP contribution in [0.2, 0.25) is 0 Å². The number of nitrogens with zero attached hydrogens (tertiary/aromatic N) is 1. The summed E-state index contributed by atoms with van der Waals surface area (Å²) in [6, 6.07) is 3.05. The average Bonchev–Trinajstić information content (AvgIpc) is 2.28. The zero-order valence-corrected chi connectivity index (χ0v) is 8.73. The highest BCUT2D eigenvalue weighted by molar-refractivity contribution is 5.89. The third-order valence-electron chi connectivity index (χ3n) is 1.85. The van der Waals surface area contributed by atoms with Gasteiger partial charge in [0.2, 0.25) is 0 Å². The maximum absolute atomic E-state index is 11.2. The Morgan fingerprint density at radius 2 is 2.47 bits per heavy atom. The molecule has 0 radical (unpaired) electrons. The fourth-order valence-electron chi connectivity index (χ4n) is 1.05. The normalized spacial score (nSPS) is 11.9. The number of hydrogen-bond acceptors (Lipinski definition) is 5. The molecule has 0 spiro atoms. The van der Waals surface area contributed by atoms with E-state index in [9.17, 15) is 4.79 Å². The van der Waals surface area contributed by atoms with E-state index in [1.165, 1.54) is 13.3 Å². The molecule has 15 heavy (non-hydrogen) atoms. The summed E-state index contributed by atoms with van der Waals surface area (Å²) < 4.78 is 4.58. The molecule has 0 bridgehead atoms. The molecule has 0 aliphatic rings. The molecule has 0 saturated heterocycles. The lowest BCUT2D eigenvalue weighted by atomic mass is 10.2. The number of carbonyl (C=O) groups is 1. The summed E-state index contributed by atoms with van der Waals surface area (Å²) in [6.07, 6.45) is 1.51. The van der Waals surface area contributed by atoms with Gasteiger partial charge in [-0.1, -0.05) is 0 Å². The van der Waals surface area contributed by atoms with Gasteiger partial charge in [-0.05, 0) is 19.1 Å². The number of esters is 1. The fourth-order valence-corrected chi connectivity index (χ4v) is 1.05. The van der Waals surface area contributed by atoms with Crippen molar-refractivity contribution >= 4 is 11.8 Å². The molecule has 2 N–H and O–H groups in total. The molecule has 0 amide bonds. The molecule has 1 aromatic rings. The number of rotatable bonds is 4. The monoisotopic (exact) mass is 210 g/mol. The van der Waals surface area contributed by atoms with E-state index in [-0.39, 0.29) is 12.6 Å². The number of anilines is 1. The van der Waals surface area contributed by atoms with E-state index in [4.69, 9.17) is 5.11 Å². The van der Waals surface area contributed by atoms with Crippen molar-refractivity contribution in [2.24, 2.45) is 0 Å². The number of ether oxygens (including phenoxy) is 1. The number of methoxy groups -OCH3 is 1. The second-order valence-electron chi connectivity index (χ2n) is 3.15. The molecule has 0 fully saturated rings. The molecule has 1 atom stereocenters. The van der Waals surface area contributed by atoms with Crippen molar-refractivity contribution in [3.8, 4) is 0 Å². The van der Waals surface area contributed by atoms with Crippen molar-refractivity contribution in [2.75, 3.05) is 19.0 Å². The molecule has 0 aliphatic carbocycles. The van der Waals surface area contributed by atoms with Gasteiger partial charge in [0, 0.05) is 12.2 Å². The molecular weight excluding hydrogens is 196 g/mol. The predicted molar refractivity (Wildman–Crippen MR) is 55.7 cm³/mol. The quantitative estimate of drug-likeness (QED) is 0.714. The van der Waals surface area contributed by atoms with E-state index in [0.29, 0.717) is 11.4 Å². The van der Waals surface area contributed by atoms with Crippen LogP contribution in [0.1, 0.15) is 17.3 Å². The second kappa shape index (κ2) is 5.31. The summed E-state index contributed by atoms with van der Waals surface area (Å²) in [5.41, 5.74) is 0.431. The zero-order valence-electron chi connectivity index (χ0n) is 8.73. The largest absolute Gasteiger partial charge is 0.465 e. The average molecular weight is 210 g/mol. The van der Waals surface area contributed by atoms with E-state index in [1.54, 1.807) is 12.1 Å². The van der Waals surface area contributed by atoms with Crippen molar-refractivity contribution < 1.29 is 14.6 Å². The standard InChI is InChI=1S/C10H14N2O3/c1-7(6-13)12-9-5-8(3-4-11-9)10(14)15-2/h3-5,7,13H,6H2,1-2H3,(H,11,12). The maximum atomic E-state index is 11.2. The number of aliphatic hydroxyl groups is 1. The molecule has 82 valence electrons. The molecule has 1 heterocycles. The highest BCUT2D eigenvalue weighted by Gasteiger charge is 2.07. The van der Waals surface area contributed by atoms with Gasteiger partial charge in [-0.2, -0.15) is 0 Å². The lowest BCUT2D eigenvalue weighted by molar-refractivity contribution is 0.0600. The van der Waals surface area contributed by atoms with Gasteiger partial charge in [0.1, 0.15) is 5.82 Å². The van der Waals surface area contributed by atoms with Crippen LogP contribution in [0.4, 0.5) is 5.82 Å². The first kappa shape index (κ1) is 11.5. The van der Waals surface area contributed by atoms with Gasteiger partial charge in [-0.3, -0.25) is 0 Å². The van der Waals surface area contributed by atoms with E-state index < -0.39 is 5.97 Å². The van der Waals surface area contributed by atoms with Gasteiger partial charge in [0.25, 0.3) is 0 Å². The minimum absolute atomic E-state index is 0.00410. The predicted octanol–water partition coefficient (Wildman–Crippen LogP) is 0.661. The van der Waals surface area contributed by atoms with Crippen molar-refractivity contribution in [3.63, 3.8) is 0 Å². The van der Waals surface area contributed by atoms with Gasteiger partial charge < -0.3 is 15.2 Å². The molecular formula is C10H14N2O3. The summed E-state index contributed by atoms with van der Waals surface area (Å²) in [5, 5.41) is 11.8. The Labute approximate surface area is 88.1 Å². The fraction of sp³-hybridized carbons (Fsp3) is 0.400. The van der Waals surface area contributed by atoms with Crippen LogP contribution in [0, 0.1) is 0 Å². The molecule has 0 saturated carbocycles. The first-order valence-electron chi connectivity index (χ1n) is 4.59. The van der Waals surface area contributed by atoms with Gasteiger partial charge >= 0.3 is 5.97 Å². The number of aromatic nitrogens is 1. The Morgan fingerprint density at radius 3 is 3.07 bits per heavy atom. The number of pyridine rings is 1. The van der Waals surface area contributed by atoms with Crippen molar-refractivity contribution in [1.29, 1.82) is 0 Å². The van der Waals surface area contributed by atoms with Crippen LogP contribution in [-0.4, -0.2) is 35.8 Å². The van der Waals surface area contributed by atoms with Crippen molar-refractivity contribution in [3.05, 3.63) is 23.9 Å². The SMILES string of the molecule is COC(=O)c1ccnc(NC(C)CO)c1. The van der Waals surface area contributed by atoms with E-state index in [1.807, 2.05) is 6.92 Å². The molecule has 0 aromatic carbocycles. The van der Waals surface area contributed by atoms with E-state index >= 15 is 0 Å². The Morgan fingerprint density at radius 1 is 1.73 bits per heavy atom. The molecule has 5 nitrogen and oxygen atoms in total. The summed E-state index contributed by atoms with van der Waals surface area (Å²) in [4.78, 5) is 15.2. The highest BCUT2D eigenvalue weighted by atomic mass is 16.5. The topological polar surface area (TPSA) is 71.5 Å². The van der Waals surface area contributed by atoms with Crippen molar-refractivity contribution in [2.45, 2.75) is 13.0 Å². The van der Waals surface area contributed by atoms with Gasteiger partial charge in [0.15, 0.2) is 0 Å². The first-order valence-corrected chi connectivity index (χ1v) is 4.59. The minimum Gasteiger partial charge on any atom is -0.465 e. The van der Waals surface area contributed by atoms with E-state index in [0.717, 1.165) is 0 Å². The summed E-state index contributed by atoms with van der Waals surface area (Å²) in [6.45, 7) is 1.82. The van der Waals surface area contributed by atoms with Gasteiger partial charge in [-0.25, -0.2) is 9.78 Å². The summed E-state index contributed by atoms with van der Waals surface area (Å²) in [7, 11) is 1.33. The zero-order chi connectivity index (χ0) is 11.3. The molecule has 1 rings (SSSR count). The third-order valence-corrected chi connectivity index (χ3v) is 1.85. The van der Waals surface area contributed by atoms with Gasteiger partial charge in [-0.15, -0.1) is 0 Å². The number of carbonyl (C=O) groups excluding carboxylic acids is 1. The second-order valence-corrected chi connectivity index (χ2v) is 3.15. The van der Waals surface area contributed by atoms with Crippen LogP contribution < -0.4 is 5.32 Å². The number of hydrogen-bond donors (Lipinski definition) is 2. The Balaban J connectivity index is 2.78.